The topological polar surface area (TPSA) is 58.6 Å². The highest BCUT2D eigenvalue weighted by atomic mass is 32.2. The second-order valence-electron chi connectivity index (χ2n) is 5.12. The van der Waals surface area contributed by atoms with E-state index in [2.05, 4.69) is 5.32 Å². The molecule has 20 heavy (non-hydrogen) atoms. The molecule has 1 saturated heterocycles. The van der Waals surface area contributed by atoms with Gasteiger partial charge in [-0.05, 0) is 44.5 Å². The lowest BCUT2D eigenvalue weighted by Gasteiger charge is -2.24. The van der Waals surface area contributed by atoms with Crippen LogP contribution in [0.25, 0.3) is 0 Å². The van der Waals surface area contributed by atoms with Crippen molar-refractivity contribution in [2.24, 2.45) is 0 Å². The summed E-state index contributed by atoms with van der Waals surface area (Å²) in [6.45, 7) is 3.13. The highest BCUT2D eigenvalue weighted by molar-refractivity contribution is 7.89. The van der Waals surface area contributed by atoms with Crippen molar-refractivity contribution >= 4 is 10.0 Å². The van der Waals surface area contributed by atoms with Crippen LogP contribution >= 0.6 is 0 Å². The Morgan fingerprint density at radius 3 is 2.85 bits per heavy atom. The summed E-state index contributed by atoms with van der Waals surface area (Å²) in [5, 5.41) is 3.07. The van der Waals surface area contributed by atoms with Gasteiger partial charge in [-0.3, -0.25) is 0 Å². The molecule has 1 atom stereocenters. The van der Waals surface area contributed by atoms with Gasteiger partial charge in [0, 0.05) is 19.1 Å². The normalized spacial score (nSPS) is 20.2. The van der Waals surface area contributed by atoms with Crippen LogP contribution in [0.1, 0.15) is 18.4 Å². The number of hydrogen-bond acceptors (Lipinski definition) is 4. The van der Waals surface area contributed by atoms with Gasteiger partial charge in [-0.15, -0.1) is 0 Å². The Balaban J connectivity index is 2.42. The molecular weight excluding hydrogens is 276 g/mol. The van der Waals surface area contributed by atoms with Crippen molar-refractivity contribution in [3.63, 3.8) is 0 Å². The van der Waals surface area contributed by atoms with E-state index in [1.807, 2.05) is 20.0 Å². The molecule has 1 aliphatic heterocycles. The summed E-state index contributed by atoms with van der Waals surface area (Å²) in [6, 6.07) is 5.27. The smallest absolute Gasteiger partial charge is 0.247 e. The van der Waals surface area contributed by atoms with E-state index in [9.17, 15) is 8.42 Å². The molecule has 5 nitrogen and oxygen atoms in total. The number of methoxy groups -OCH3 is 1. The Morgan fingerprint density at radius 1 is 1.45 bits per heavy atom. The molecular formula is C14H22N2O3S. The molecule has 1 aromatic rings. The van der Waals surface area contributed by atoms with E-state index in [1.54, 1.807) is 16.4 Å². The molecule has 6 heteroatoms. The molecule has 112 valence electrons. The van der Waals surface area contributed by atoms with Gasteiger partial charge in [0.2, 0.25) is 10.0 Å². The lowest BCUT2D eigenvalue weighted by atomic mass is 10.2. The van der Waals surface area contributed by atoms with Crippen LogP contribution in [0.15, 0.2) is 23.1 Å². The average Bonchev–Trinajstić information content (AvgIpc) is 2.88. The molecule has 2 rings (SSSR count). The second kappa shape index (κ2) is 6.11. The van der Waals surface area contributed by atoms with Crippen molar-refractivity contribution in [1.29, 1.82) is 0 Å². The zero-order valence-electron chi connectivity index (χ0n) is 12.2. The van der Waals surface area contributed by atoms with Crippen molar-refractivity contribution in [3.8, 4) is 5.75 Å². The van der Waals surface area contributed by atoms with Crippen molar-refractivity contribution in [1.82, 2.24) is 9.62 Å². The number of rotatable bonds is 5. The number of nitrogens with zero attached hydrogens (tertiary/aromatic N) is 1. The minimum atomic E-state index is -3.51. The maximum absolute atomic E-state index is 12.9. The molecule has 0 amide bonds. The summed E-state index contributed by atoms with van der Waals surface area (Å²) in [7, 11) is -0.165. The molecule has 1 aromatic carbocycles. The van der Waals surface area contributed by atoms with E-state index in [4.69, 9.17) is 4.74 Å². The van der Waals surface area contributed by atoms with E-state index >= 15 is 0 Å². The van der Waals surface area contributed by atoms with Gasteiger partial charge in [0.1, 0.15) is 10.6 Å². The predicted molar refractivity (Wildman–Crippen MR) is 78.6 cm³/mol. The third-order valence-electron chi connectivity index (χ3n) is 3.67. The summed E-state index contributed by atoms with van der Waals surface area (Å²) in [4.78, 5) is 0.267. The maximum Gasteiger partial charge on any atom is 0.247 e. The molecule has 1 heterocycles. The number of aryl methyl sites for hydroxylation is 1. The van der Waals surface area contributed by atoms with E-state index in [-0.39, 0.29) is 10.9 Å². The monoisotopic (exact) mass is 298 g/mol. The van der Waals surface area contributed by atoms with Crippen molar-refractivity contribution in [2.75, 3.05) is 27.2 Å². The highest BCUT2D eigenvalue weighted by Gasteiger charge is 2.36. The number of hydrogen-bond donors (Lipinski definition) is 1. The Morgan fingerprint density at radius 2 is 2.20 bits per heavy atom. The fraction of sp³-hybridized carbons (Fsp3) is 0.571. The third-order valence-corrected chi connectivity index (χ3v) is 5.64. The number of nitrogens with one attached hydrogen (secondary N) is 1. The Hall–Kier alpha value is -1.11. The first-order valence-electron chi connectivity index (χ1n) is 6.81. The molecule has 0 aromatic heterocycles. The number of sulfonamides is 1. The molecule has 1 N–H and O–H groups in total. The molecule has 0 saturated carbocycles. The lowest BCUT2D eigenvalue weighted by molar-refractivity contribution is 0.370. The van der Waals surface area contributed by atoms with Crippen LogP contribution in [0.3, 0.4) is 0 Å². The quantitative estimate of drug-likeness (QED) is 0.892. The van der Waals surface area contributed by atoms with Crippen molar-refractivity contribution < 1.29 is 13.2 Å². The standard InChI is InChI=1S/C14H22N2O3S/c1-11-6-7-13(19-3)14(9-11)20(17,18)16-8-4-5-12(16)10-15-2/h6-7,9,12,15H,4-5,8,10H2,1-3H3. The fourth-order valence-corrected chi connectivity index (χ4v) is 4.61. The maximum atomic E-state index is 12.9. The Kier molecular flexibility index (Phi) is 4.67. The zero-order valence-corrected chi connectivity index (χ0v) is 13.0. The van der Waals surface area contributed by atoms with Gasteiger partial charge in [0.25, 0.3) is 0 Å². The van der Waals surface area contributed by atoms with Crippen LogP contribution in [-0.4, -0.2) is 46.0 Å². The SMILES string of the molecule is CNCC1CCCN1S(=O)(=O)c1cc(C)ccc1OC. The predicted octanol–water partition coefficient (Wildman–Crippen LogP) is 1.38. The van der Waals surface area contributed by atoms with Crippen LogP contribution in [0.4, 0.5) is 0 Å². The van der Waals surface area contributed by atoms with Gasteiger partial charge < -0.3 is 10.1 Å². The molecule has 0 aliphatic carbocycles. The zero-order chi connectivity index (χ0) is 14.8. The summed E-state index contributed by atoms with van der Waals surface area (Å²) >= 11 is 0. The summed E-state index contributed by atoms with van der Waals surface area (Å²) in [5.74, 6) is 0.408. The van der Waals surface area contributed by atoms with Crippen molar-refractivity contribution in [3.05, 3.63) is 23.8 Å². The minimum absolute atomic E-state index is 0.0234. The van der Waals surface area contributed by atoms with Crippen LogP contribution < -0.4 is 10.1 Å². The summed E-state index contributed by atoms with van der Waals surface area (Å²) in [5.41, 5.74) is 0.911. The van der Waals surface area contributed by atoms with Gasteiger partial charge in [0.05, 0.1) is 7.11 Å². The fourth-order valence-electron chi connectivity index (χ4n) is 2.68. The minimum Gasteiger partial charge on any atom is -0.495 e. The highest BCUT2D eigenvalue weighted by Crippen LogP contribution is 2.31. The van der Waals surface area contributed by atoms with Crippen LogP contribution in [0, 0.1) is 6.92 Å². The van der Waals surface area contributed by atoms with E-state index in [1.165, 1.54) is 7.11 Å². The van der Waals surface area contributed by atoms with E-state index in [0.717, 1.165) is 18.4 Å². The van der Waals surface area contributed by atoms with Gasteiger partial charge in [0.15, 0.2) is 0 Å². The Bertz CT molecular complexity index is 572. The van der Waals surface area contributed by atoms with Crippen molar-refractivity contribution in [2.45, 2.75) is 30.7 Å². The first-order chi connectivity index (χ1) is 9.50. The lowest BCUT2D eigenvalue weighted by Crippen LogP contribution is -2.40. The molecule has 1 unspecified atom stereocenters. The van der Waals surface area contributed by atoms with Crippen LogP contribution in [0.5, 0.6) is 5.75 Å². The largest absolute Gasteiger partial charge is 0.495 e. The Labute approximate surface area is 121 Å². The number of benzene rings is 1. The second-order valence-corrected chi connectivity index (χ2v) is 6.98. The molecule has 0 radical (unpaired) electrons. The van der Waals surface area contributed by atoms with Gasteiger partial charge in [-0.2, -0.15) is 4.31 Å². The van der Waals surface area contributed by atoms with E-state index in [0.29, 0.717) is 18.8 Å². The van der Waals surface area contributed by atoms with Gasteiger partial charge in [-0.1, -0.05) is 6.07 Å². The first kappa shape index (κ1) is 15.3. The van der Waals surface area contributed by atoms with E-state index < -0.39 is 10.0 Å². The summed E-state index contributed by atoms with van der Waals surface area (Å²) < 4.78 is 32.6. The third kappa shape index (κ3) is 2.82. The number of likely N-dealkylation sites (N-methyl/N-ethyl adjacent to an activating group) is 1. The molecule has 0 spiro atoms. The summed E-state index contributed by atoms with van der Waals surface area (Å²) in [6.07, 6.45) is 1.80. The average molecular weight is 298 g/mol. The molecule has 0 bridgehead atoms. The number of ether oxygens (including phenoxy) is 1. The first-order valence-corrected chi connectivity index (χ1v) is 8.25. The molecule has 1 fully saturated rings. The molecule has 1 aliphatic rings. The van der Waals surface area contributed by atoms with Gasteiger partial charge >= 0.3 is 0 Å². The van der Waals surface area contributed by atoms with Crippen LogP contribution in [0.2, 0.25) is 0 Å². The van der Waals surface area contributed by atoms with Gasteiger partial charge in [-0.25, -0.2) is 8.42 Å². The van der Waals surface area contributed by atoms with Crippen LogP contribution in [-0.2, 0) is 10.0 Å².